The Kier molecular flexibility index (Phi) is 5.55. The molecule has 10 heteroatoms. The van der Waals surface area contributed by atoms with Crippen molar-refractivity contribution in [1.82, 2.24) is 21.2 Å². The summed E-state index contributed by atoms with van der Waals surface area (Å²) >= 11 is 1.26. The van der Waals surface area contributed by atoms with Crippen molar-refractivity contribution in [2.24, 2.45) is 0 Å². The van der Waals surface area contributed by atoms with Gasteiger partial charge in [0.1, 0.15) is 10.7 Å². The van der Waals surface area contributed by atoms with E-state index in [1.807, 2.05) is 0 Å². The molecule has 1 saturated carbocycles. The van der Waals surface area contributed by atoms with Crippen molar-refractivity contribution in [2.75, 3.05) is 14.2 Å². The predicted octanol–water partition coefficient (Wildman–Crippen LogP) is 0.867. The lowest BCUT2D eigenvalue weighted by Crippen LogP contribution is -2.49. The third-order valence-electron chi connectivity index (χ3n) is 3.78. The molecule has 0 unspecified atom stereocenters. The van der Waals surface area contributed by atoms with Gasteiger partial charge < -0.3 is 14.8 Å². The summed E-state index contributed by atoms with van der Waals surface area (Å²) in [6, 6.07) is 5.35. The number of nitrogens with one attached hydrogen (secondary N) is 3. The van der Waals surface area contributed by atoms with E-state index >= 15 is 0 Å². The number of carbonyl (C=O) groups excluding carboxylic acids is 3. The van der Waals surface area contributed by atoms with Gasteiger partial charge in [0.2, 0.25) is 0 Å². The Hall–Kier alpha value is -3.14. The van der Waals surface area contributed by atoms with Gasteiger partial charge in [-0.05, 0) is 31.0 Å². The van der Waals surface area contributed by atoms with Gasteiger partial charge >= 0.3 is 11.8 Å². The van der Waals surface area contributed by atoms with E-state index < -0.39 is 17.7 Å². The molecule has 1 aliphatic rings. The van der Waals surface area contributed by atoms with Gasteiger partial charge in [-0.25, -0.2) is 4.98 Å². The molecule has 3 rings (SSSR count). The summed E-state index contributed by atoms with van der Waals surface area (Å²) in [5.41, 5.74) is 5.13. The Morgan fingerprint density at radius 2 is 1.81 bits per heavy atom. The first-order valence-corrected chi connectivity index (χ1v) is 8.99. The van der Waals surface area contributed by atoms with Crippen LogP contribution in [-0.2, 0) is 9.59 Å². The van der Waals surface area contributed by atoms with Gasteiger partial charge in [0, 0.05) is 17.0 Å². The summed E-state index contributed by atoms with van der Waals surface area (Å²) in [5, 5.41) is 4.67. The smallest absolute Gasteiger partial charge is 0.327 e. The summed E-state index contributed by atoms with van der Waals surface area (Å²) in [6.07, 6.45) is 1.73. The van der Waals surface area contributed by atoms with Crippen molar-refractivity contribution < 1.29 is 23.9 Å². The van der Waals surface area contributed by atoms with Crippen LogP contribution in [-0.4, -0.2) is 43.0 Å². The fraction of sp³-hybridized carbons (Fsp3) is 0.294. The van der Waals surface area contributed by atoms with Crippen molar-refractivity contribution in [3.05, 3.63) is 29.3 Å². The van der Waals surface area contributed by atoms with Crippen LogP contribution in [0.25, 0.3) is 10.6 Å². The number of hydrogen-bond donors (Lipinski definition) is 3. The molecular weight excluding hydrogens is 372 g/mol. The van der Waals surface area contributed by atoms with E-state index in [0.29, 0.717) is 16.5 Å². The molecule has 3 N–H and O–H groups in total. The summed E-state index contributed by atoms with van der Waals surface area (Å²) in [7, 11) is 3.08. The Morgan fingerprint density at radius 1 is 1.07 bits per heavy atom. The van der Waals surface area contributed by atoms with Crippen molar-refractivity contribution in [3.8, 4) is 22.1 Å². The maximum absolute atomic E-state index is 12.1. The summed E-state index contributed by atoms with van der Waals surface area (Å²) < 4.78 is 10.5. The number of hydrogen-bond acceptors (Lipinski definition) is 7. The lowest BCUT2D eigenvalue weighted by Gasteiger charge is -2.08. The highest BCUT2D eigenvalue weighted by molar-refractivity contribution is 7.13. The standard InChI is InChI=1S/C17H18N4O5S/c1-25-12-6-3-9(7-13(12)26-2)17-19-11(8-27-17)14(22)20-21-16(24)15(23)18-10-4-5-10/h3,6-8,10H,4-5H2,1-2H3,(H,18,23)(H,20,22)(H,21,24). The van der Waals surface area contributed by atoms with Crippen molar-refractivity contribution in [2.45, 2.75) is 18.9 Å². The molecule has 142 valence electrons. The minimum Gasteiger partial charge on any atom is -0.493 e. The van der Waals surface area contributed by atoms with E-state index in [-0.39, 0.29) is 11.7 Å². The quantitative estimate of drug-likeness (QED) is 0.515. The fourth-order valence-corrected chi connectivity index (χ4v) is 2.99. The number of thiazole rings is 1. The van der Waals surface area contributed by atoms with Crippen molar-refractivity contribution >= 4 is 29.1 Å². The lowest BCUT2D eigenvalue weighted by molar-refractivity contribution is -0.139. The molecular formula is C17H18N4O5S. The molecule has 1 aromatic carbocycles. The lowest BCUT2D eigenvalue weighted by atomic mass is 10.2. The maximum Gasteiger partial charge on any atom is 0.327 e. The molecule has 0 radical (unpaired) electrons. The molecule has 9 nitrogen and oxygen atoms in total. The van der Waals surface area contributed by atoms with E-state index in [2.05, 4.69) is 21.2 Å². The van der Waals surface area contributed by atoms with E-state index in [1.165, 1.54) is 18.4 Å². The number of nitrogens with zero attached hydrogens (tertiary/aromatic N) is 1. The zero-order valence-electron chi connectivity index (χ0n) is 14.7. The van der Waals surface area contributed by atoms with Crippen LogP contribution in [0.2, 0.25) is 0 Å². The van der Waals surface area contributed by atoms with Gasteiger partial charge in [-0.15, -0.1) is 11.3 Å². The second-order valence-electron chi connectivity index (χ2n) is 5.76. The van der Waals surface area contributed by atoms with E-state index in [1.54, 1.807) is 30.7 Å². The molecule has 2 aromatic rings. The summed E-state index contributed by atoms with van der Waals surface area (Å²) in [4.78, 5) is 39.5. The van der Waals surface area contributed by atoms with E-state index in [0.717, 1.165) is 18.4 Å². The molecule has 1 fully saturated rings. The summed E-state index contributed by atoms with van der Waals surface area (Å²) in [6.45, 7) is 0. The van der Waals surface area contributed by atoms with Gasteiger partial charge in [0.05, 0.1) is 14.2 Å². The number of aromatic nitrogens is 1. The molecule has 0 aliphatic heterocycles. The highest BCUT2D eigenvalue weighted by atomic mass is 32.1. The average Bonchev–Trinajstić information content (AvgIpc) is 3.36. The first-order chi connectivity index (χ1) is 13.0. The average molecular weight is 390 g/mol. The Labute approximate surface area is 159 Å². The fourth-order valence-electron chi connectivity index (χ4n) is 2.19. The number of methoxy groups -OCH3 is 2. The number of hydrazine groups is 1. The molecule has 0 saturated heterocycles. The minimum absolute atomic E-state index is 0.0570. The highest BCUT2D eigenvalue weighted by Crippen LogP contribution is 2.33. The molecule has 0 spiro atoms. The molecule has 1 aliphatic carbocycles. The second kappa shape index (κ2) is 8.04. The topological polar surface area (TPSA) is 119 Å². The molecule has 1 heterocycles. The Morgan fingerprint density at radius 3 is 2.48 bits per heavy atom. The maximum atomic E-state index is 12.1. The normalized spacial score (nSPS) is 12.8. The van der Waals surface area contributed by atoms with Gasteiger partial charge in [-0.1, -0.05) is 0 Å². The van der Waals surface area contributed by atoms with Crippen molar-refractivity contribution in [3.63, 3.8) is 0 Å². The van der Waals surface area contributed by atoms with Crippen LogP contribution in [0.5, 0.6) is 11.5 Å². The Balaban J connectivity index is 1.62. The first kappa shape index (κ1) is 18.6. The third-order valence-corrected chi connectivity index (χ3v) is 4.67. The monoisotopic (exact) mass is 390 g/mol. The Bertz CT molecular complexity index is 878. The number of ether oxygens (including phenoxy) is 2. The molecule has 0 atom stereocenters. The largest absolute Gasteiger partial charge is 0.493 e. The number of rotatable bonds is 5. The molecule has 27 heavy (non-hydrogen) atoms. The van der Waals surface area contributed by atoms with E-state index in [4.69, 9.17) is 9.47 Å². The summed E-state index contributed by atoms with van der Waals surface area (Å²) in [5.74, 6) is -1.19. The van der Waals surface area contributed by atoms with E-state index in [9.17, 15) is 14.4 Å². The molecule has 0 bridgehead atoms. The number of benzene rings is 1. The number of amides is 3. The SMILES string of the molecule is COc1ccc(-c2nc(C(=O)NNC(=O)C(=O)NC3CC3)cs2)cc1OC. The first-order valence-electron chi connectivity index (χ1n) is 8.11. The minimum atomic E-state index is -0.925. The van der Waals surface area contributed by atoms with Crippen LogP contribution < -0.4 is 25.6 Å². The highest BCUT2D eigenvalue weighted by Gasteiger charge is 2.26. The van der Waals surface area contributed by atoms with Crippen LogP contribution in [0.15, 0.2) is 23.6 Å². The van der Waals surface area contributed by atoms with Crippen LogP contribution in [0.4, 0.5) is 0 Å². The van der Waals surface area contributed by atoms with Gasteiger partial charge in [0.15, 0.2) is 11.5 Å². The second-order valence-corrected chi connectivity index (χ2v) is 6.62. The van der Waals surface area contributed by atoms with Gasteiger partial charge in [-0.2, -0.15) is 0 Å². The third kappa shape index (κ3) is 4.53. The van der Waals surface area contributed by atoms with Crippen LogP contribution in [0.3, 0.4) is 0 Å². The number of carbonyl (C=O) groups is 3. The van der Waals surface area contributed by atoms with Gasteiger partial charge in [0.25, 0.3) is 5.91 Å². The predicted molar refractivity (Wildman–Crippen MR) is 97.4 cm³/mol. The van der Waals surface area contributed by atoms with Crippen LogP contribution in [0.1, 0.15) is 23.3 Å². The molecule has 1 aromatic heterocycles. The van der Waals surface area contributed by atoms with Gasteiger partial charge in [-0.3, -0.25) is 25.2 Å². The van der Waals surface area contributed by atoms with Crippen LogP contribution in [0, 0.1) is 0 Å². The zero-order valence-corrected chi connectivity index (χ0v) is 15.5. The van der Waals surface area contributed by atoms with Crippen molar-refractivity contribution in [1.29, 1.82) is 0 Å². The van der Waals surface area contributed by atoms with Crippen LogP contribution >= 0.6 is 11.3 Å². The molecule has 3 amide bonds. The zero-order chi connectivity index (χ0) is 19.4.